The summed E-state index contributed by atoms with van der Waals surface area (Å²) in [6.07, 6.45) is 0. The Labute approximate surface area is 177 Å². The van der Waals surface area contributed by atoms with Crippen molar-refractivity contribution in [3.05, 3.63) is 36.4 Å². The molecule has 2 aliphatic rings. The third kappa shape index (κ3) is 3.72. The van der Waals surface area contributed by atoms with E-state index in [0.717, 1.165) is 26.2 Å². The molecule has 0 amide bonds. The van der Waals surface area contributed by atoms with Gasteiger partial charge in [-0.2, -0.15) is 8.42 Å². The summed E-state index contributed by atoms with van der Waals surface area (Å²) in [4.78, 5) is 9.11. The zero-order valence-corrected chi connectivity index (χ0v) is 18.3. The summed E-state index contributed by atoms with van der Waals surface area (Å²) in [5, 5.41) is 0. The topological polar surface area (TPSA) is 78.5 Å². The van der Waals surface area contributed by atoms with Gasteiger partial charge in [-0.15, -0.1) is 0 Å². The minimum absolute atomic E-state index is 0.329. The first-order valence-corrected chi connectivity index (χ1v) is 11.3. The monoisotopic (exact) mass is 433 g/mol. The number of ether oxygens (including phenoxy) is 2. The zero-order chi connectivity index (χ0) is 21.3. The van der Waals surface area contributed by atoms with Crippen LogP contribution in [-0.4, -0.2) is 78.8 Å². The van der Waals surface area contributed by atoms with Crippen molar-refractivity contribution in [1.29, 1.82) is 0 Å². The molecular formula is C20H27N5O4S. The molecule has 0 saturated carbocycles. The molecule has 3 heterocycles. The minimum Gasteiger partial charge on any atom is -0.497 e. The lowest BCUT2D eigenvalue weighted by Gasteiger charge is -2.34. The highest BCUT2D eigenvalue weighted by molar-refractivity contribution is 7.94. The summed E-state index contributed by atoms with van der Waals surface area (Å²) >= 11 is 0. The van der Waals surface area contributed by atoms with E-state index in [1.807, 2.05) is 0 Å². The zero-order valence-electron chi connectivity index (χ0n) is 17.5. The van der Waals surface area contributed by atoms with Crippen molar-refractivity contribution in [1.82, 2.24) is 9.88 Å². The molecule has 2 saturated heterocycles. The molecule has 162 valence electrons. The molecule has 9 nitrogen and oxygen atoms in total. The van der Waals surface area contributed by atoms with E-state index in [-0.39, 0.29) is 0 Å². The number of anilines is 3. The van der Waals surface area contributed by atoms with E-state index in [9.17, 15) is 8.42 Å². The Kier molecular flexibility index (Phi) is 5.61. The highest BCUT2D eigenvalue weighted by atomic mass is 32.2. The van der Waals surface area contributed by atoms with Crippen molar-refractivity contribution in [2.75, 3.05) is 74.0 Å². The molecule has 0 atom stereocenters. The maximum absolute atomic E-state index is 13.3. The average Bonchev–Trinajstić information content (AvgIpc) is 3.08. The van der Waals surface area contributed by atoms with Crippen LogP contribution in [0.25, 0.3) is 0 Å². The van der Waals surface area contributed by atoms with Crippen LogP contribution in [0.3, 0.4) is 0 Å². The van der Waals surface area contributed by atoms with Gasteiger partial charge in [0.05, 0.1) is 33.0 Å². The number of benzene rings is 1. The van der Waals surface area contributed by atoms with Crippen LogP contribution >= 0.6 is 0 Å². The Balaban J connectivity index is 1.62. The first-order valence-electron chi connectivity index (χ1n) is 9.87. The highest BCUT2D eigenvalue weighted by Gasteiger charge is 2.38. The molecule has 0 spiro atoms. The van der Waals surface area contributed by atoms with Crippen LogP contribution in [0.5, 0.6) is 11.5 Å². The molecule has 10 heteroatoms. The van der Waals surface area contributed by atoms with Crippen LogP contribution in [0.2, 0.25) is 0 Å². The lowest BCUT2D eigenvalue weighted by Crippen LogP contribution is -2.45. The molecule has 4 rings (SSSR count). The van der Waals surface area contributed by atoms with E-state index in [0.29, 0.717) is 41.9 Å². The molecule has 0 aliphatic carbocycles. The number of hydrogen-bond donors (Lipinski definition) is 0. The number of methoxy groups -OCH3 is 2. The average molecular weight is 434 g/mol. The van der Waals surface area contributed by atoms with Crippen LogP contribution in [0, 0.1) is 0 Å². The summed E-state index contributed by atoms with van der Waals surface area (Å²) in [6.45, 7) is 4.15. The molecule has 2 aromatic rings. The molecule has 0 unspecified atom stereocenters. The lowest BCUT2D eigenvalue weighted by molar-refractivity contribution is 0.310. The Hall–Kier alpha value is -2.72. The number of likely N-dealkylation sites (N-methyl/N-ethyl adjacent to an activating group) is 1. The van der Waals surface area contributed by atoms with Gasteiger partial charge in [-0.25, -0.2) is 9.29 Å². The number of nitrogens with zero attached hydrogens (tertiary/aromatic N) is 5. The Morgan fingerprint density at radius 1 is 0.833 bits per heavy atom. The second kappa shape index (κ2) is 8.19. The Morgan fingerprint density at radius 3 is 2.13 bits per heavy atom. The van der Waals surface area contributed by atoms with E-state index in [1.165, 1.54) is 8.61 Å². The quantitative estimate of drug-likeness (QED) is 0.706. The summed E-state index contributed by atoms with van der Waals surface area (Å²) in [7, 11) is 1.54. The lowest BCUT2D eigenvalue weighted by atomic mass is 10.3. The SMILES string of the molecule is COc1ccc(N2CCN(c3ccc(OC)c(N4CCN(C)CC4)n3)S2(=O)=O)cc1. The van der Waals surface area contributed by atoms with Gasteiger partial charge in [0.15, 0.2) is 11.6 Å². The fourth-order valence-electron chi connectivity index (χ4n) is 3.74. The van der Waals surface area contributed by atoms with Crippen LogP contribution in [0.4, 0.5) is 17.3 Å². The van der Waals surface area contributed by atoms with Crippen molar-refractivity contribution in [2.24, 2.45) is 0 Å². The van der Waals surface area contributed by atoms with E-state index in [1.54, 1.807) is 50.6 Å². The Morgan fingerprint density at radius 2 is 1.50 bits per heavy atom. The van der Waals surface area contributed by atoms with Crippen molar-refractivity contribution in [3.63, 3.8) is 0 Å². The third-order valence-corrected chi connectivity index (χ3v) is 7.40. The van der Waals surface area contributed by atoms with Crippen molar-refractivity contribution in [2.45, 2.75) is 0 Å². The summed E-state index contributed by atoms with van der Waals surface area (Å²) in [5.41, 5.74) is 0.603. The van der Waals surface area contributed by atoms with Crippen LogP contribution in [-0.2, 0) is 10.2 Å². The van der Waals surface area contributed by atoms with E-state index in [4.69, 9.17) is 14.5 Å². The van der Waals surface area contributed by atoms with E-state index >= 15 is 0 Å². The van der Waals surface area contributed by atoms with Crippen LogP contribution in [0.15, 0.2) is 36.4 Å². The van der Waals surface area contributed by atoms with Crippen molar-refractivity contribution in [3.8, 4) is 11.5 Å². The summed E-state index contributed by atoms with van der Waals surface area (Å²) in [5.74, 6) is 2.41. The molecular weight excluding hydrogens is 406 g/mol. The van der Waals surface area contributed by atoms with Crippen molar-refractivity contribution < 1.29 is 17.9 Å². The molecule has 1 aromatic heterocycles. The normalized spacial score (nSPS) is 19.2. The van der Waals surface area contributed by atoms with Crippen molar-refractivity contribution >= 4 is 27.5 Å². The van der Waals surface area contributed by atoms with Gasteiger partial charge >= 0.3 is 10.2 Å². The van der Waals surface area contributed by atoms with Gasteiger partial charge in [-0.3, -0.25) is 4.31 Å². The maximum atomic E-state index is 13.3. The molecule has 2 fully saturated rings. The van der Waals surface area contributed by atoms with Gasteiger partial charge in [0.25, 0.3) is 0 Å². The summed E-state index contributed by atoms with van der Waals surface area (Å²) < 4.78 is 39.9. The molecule has 0 N–H and O–H groups in total. The summed E-state index contributed by atoms with van der Waals surface area (Å²) in [6, 6.07) is 10.5. The fourth-order valence-corrected chi connectivity index (χ4v) is 5.33. The maximum Gasteiger partial charge on any atom is 0.327 e. The van der Waals surface area contributed by atoms with E-state index in [2.05, 4.69) is 16.8 Å². The van der Waals surface area contributed by atoms with Gasteiger partial charge in [0, 0.05) is 26.2 Å². The number of pyridine rings is 1. The fraction of sp³-hybridized carbons (Fsp3) is 0.450. The highest BCUT2D eigenvalue weighted by Crippen LogP contribution is 2.34. The predicted molar refractivity (Wildman–Crippen MR) is 117 cm³/mol. The number of piperazine rings is 1. The van der Waals surface area contributed by atoms with E-state index < -0.39 is 10.2 Å². The largest absolute Gasteiger partial charge is 0.497 e. The Bertz CT molecular complexity index is 991. The molecule has 0 radical (unpaired) electrons. The molecule has 2 aliphatic heterocycles. The first-order chi connectivity index (χ1) is 14.4. The minimum atomic E-state index is -3.73. The number of hydrogen-bond acceptors (Lipinski definition) is 7. The second-order valence-electron chi connectivity index (χ2n) is 7.34. The van der Waals surface area contributed by atoms with Gasteiger partial charge < -0.3 is 19.3 Å². The smallest absolute Gasteiger partial charge is 0.327 e. The standard InChI is InChI=1S/C20H27N5O4S/c1-22-10-12-23(13-11-22)20-18(29-3)8-9-19(21-20)25-15-14-24(30(25,26)27)16-4-6-17(28-2)7-5-16/h4-9H,10-15H2,1-3H3. The predicted octanol–water partition coefficient (Wildman–Crippen LogP) is 1.42. The van der Waals surface area contributed by atoms with Gasteiger partial charge in [-0.05, 0) is 43.4 Å². The van der Waals surface area contributed by atoms with Crippen LogP contribution < -0.4 is 23.0 Å². The molecule has 30 heavy (non-hydrogen) atoms. The number of aromatic nitrogens is 1. The molecule has 1 aromatic carbocycles. The second-order valence-corrected chi connectivity index (χ2v) is 9.11. The van der Waals surface area contributed by atoms with Gasteiger partial charge in [0.1, 0.15) is 11.6 Å². The van der Waals surface area contributed by atoms with Crippen LogP contribution in [0.1, 0.15) is 0 Å². The van der Waals surface area contributed by atoms with Gasteiger partial charge in [0.2, 0.25) is 0 Å². The number of rotatable bonds is 5. The van der Waals surface area contributed by atoms with Gasteiger partial charge in [-0.1, -0.05) is 0 Å². The third-order valence-electron chi connectivity index (χ3n) is 5.53. The first kappa shape index (κ1) is 20.5. The molecule has 0 bridgehead atoms.